The highest BCUT2D eigenvalue weighted by atomic mass is 79.9. The first-order valence-electron chi connectivity index (χ1n) is 6.49. The fourth-order valence-corrected chi connectivity index (χ4v) is 3.18. The number of hydrogen-bond donors (Lipinski definition) is 1. The number of ether oxygens (including phenoxy) is 2. The molecule has 3 nitrogen and oxygen atoms in total. The zero-order valence-corrected chi connectivity index (χ0v) is 14.5. The predicted octanol–water partition coefficient (Wildman–Crippen LogP) is 5.29. The molecule has 112 valence electrons. The maximum absolute atomic E-state index is 6.12. The van der Waals surface area contributed by atoms with Crippen molar-refractivity contribution in [3.05, 3.63) is 51.5 Å². The van der Waals surface area contributed by atoms with Gasteiger partial charge < -0.3 is 14.8 Å². The Morgan fingerprint density at radius 3 is 2.52 bits per heavy atom. The third kappa shape index (κ3) is 3.63. The summed E-state index contributed by atoms with van der Waals surface area (Å²) in [5.74, 6) is 1.57. The number of halogens is 2. The summed E-state index contributed by atoms with van der Waals surface area (Å²) >= 11 is 9.58. The fraction of sp³-hybridized carbons (Fsp3) is 0.250. The van der Waals surface area contributed by atoms with Gasteiger partial charge in [0.05, 0.1) is 30.4 Å². The molecular formula is C16H17BrClNO2. The van der Waals surface area contributed by atoms with Crippen LogP contribution in [0.25, 0.3) is 0 Å². The zero-order chi connectivity index (χ0) is 15.4. The summed E-state index contributed by atoms with van der Waals surface area (Å²) < 4.78 is 11.6. The minimum atomic E-state index is 0.0421. The number of methoxy groups -OCH3 is 2. The standard InChI is InChI=1S/C16H17BrClNO2/c1-10(12-6-4-5-7-15(12)20-2)19-14-9-11(18)8-13(17)16(14)21-3/h4-10,19H,1-3H3. The maximum atomic E-state index is 6.12. The lowest BCUT2D eigenvalue weighted by Gasteiger charge is -2.20. The molecule has 0 fully saturated rings. The quantitative estimate of drug-likeness (QED) is 0.775. The van der Waals surface area contributed by atoms with Crippen molar-refractivity contribution in [3.8, 4) is 11.5 Å². The van der Waals surface area contributed by atoms with Crippen LogP contribution in [0.4, 0.5) is 5.69 Å². The van der Waals surface area contributed by atoms with Crippen molar-refractivity contribution in [1.82, 2.24) is 0 Å². The lowest BCUT2D eigenvalue weighted by Crippen LogP contribution is -2.09. The van der Waals surface area contributed by atoms with E-state index in [-0.39, 0.29) is 6.04 Å². The SMILES string of the molecule is COc1ccccc1C(C)Nc1cc(Cl)cc(Br)c1OC. The number of para-hydroxylation sites is 1. The monoisotopic (exact) mass is 369 g/mol. The molecular weight excluding hydrogens is 354 g/mol. The third-order valence-corrected chi connectivity index (χ3v) is 4.00. The Bertz CT molecular complexity index is 634. The highest BCUT2D eigenvalue weighted by molar-refractivity contribution is 9.10. The van der Waals surface area contributed by atoms with Gasteiger partial charge >= 0.3 is 0 Å². The molecule has 0 radical (unpaired) electrons. The molecule has 0 aliphatic heterocycles. The molecule has 1 atom stereocenters. The van der Waals surface area contributed by atoms with E-state index in [0.29, 0.717) is 5.02 Å². The van der Waals surface area contributed by atoms with Gasteiger partial charge in [0, 0.05) is 10.6 Å². The molecule has 0 heterocycles. The largest absolute Gasteiger partial charge is 0.496 e. The summed E-state index contributed by atoms with van der Waals surface area (Å²) in [6.45, 7) is 2.06. The highest BCUT2D eigenvalue weighted by Gasteiger charge is 2.15. The average molecular weight is 371 g/mol. The van der Waals surface area contributed by atoms with Crippen LogP contribution in [0.2, 0.25) is 5.02 Å². The van der Waals surface area contributed by atoms with Crippen LogP contribution in [0, 0.1) is 0 Å². The molecule has 0 aliphatic rings. The molecule has 21 heavy (non-hydrogen) atoms. The molecule has 1 unspecified atom stereocenters. The lowest BCUT2D eigenvalue weighted by molar-refractivity contribution is 0.406. The second kappa shape index (κ2) is 7.05. The summed E-state index contributed by atoms with van der Waals surface area (Å²) in [6.07, 6.45) is 0. The second-order valence-corrected chi connectivity index (χ2v) is 5.87. The van der Waals surface area contributed by atoms with Crippen LogP contribution in [0.3, 0.4) is 0 Å². The summed E-state index contributed by atoms with van der Waals surface area (Å²) in [6, 6.07) is 11.6. The third-order valence-electron chi connectivity index (χ3n) is 3.19. The van der Waals surface area contributed by atoms with Crippen LogP contribution in [-0.4, -0.2) is 14.2 Å². The smallest absolute Gasteiger partial charge is 0.156 e. The number of nitrogens with one attached hydrogen (secondary N) is 1. The molecule has 0 saturated heterocycles. The van der Waals surface area contributed by atoms with Crippen molar-refractivity contribution in [2.45, 2.75) is 13.0 Å². The van der Waals surface area contributed by atoms with Crippen molar-refractivity contribution < 1.29 is 9.47 Å². The van der Waals surface area contributed by atoms with Crippen molar-refractivity contribution in [1.29, 1.82) is 0 Å². The van der Waals surface area contributed by atoms with Gasteiger partial charge in [0.15, 0.2) is 5.75 Å². The first kappa shape index (κ1) is 16.0. The summed E-state index contributed by atoms with van der Waals surface area (Å²) in [4.78, 5) is 0. The van der Waals surface area contributed by atoms with E-state index in [0.717, 1.165) is 27.2 Å². The van der Waals surface area contributed by atoms with Crippen LogP contribution in [0.5, 0.6) is 11.5 Å². The Kier molecular flexibility index (Phi) is 5.37. The van der Waals surface area contributed by atoms with Gasteiger partial charge in [0.1, 0.15) is 5.75 Å². The van der Waals surface area contributed by atoms with Crippen LogP contribution in [0.1, 0.15) is 18.5 Å². The summed E-state index contributed by atoms with van der Waals surface area (Å²) in [5, 5.41) is 4.05. The van der Waals surface area contributed by atoms with Crippen LogP contribution >= 0.6 is 27.5 Å². The van der Waals surface area contributed by atoms with Crippen molar-refractivity contribution in [3.63, 3.8) is 0 Å². The Morgan fingerprint density at radius 2 is 1.86 bits per heavy atom. The molecule has 5 heteroatoms. The molecule has 2 aromatic carbocycles. The minimum absolute atomic E-state index is 0.0421. The van der Waals surface area contributed by atoms with E-state index in [2.05, 4.69) is 28.2 Å². The van der Waals surface area contributed by atoms with Crippen molar-refractivity contribution in [2.75, 3.05) is 19.5 Å². The number of anilines is 1. The Hall–Kier alpha value is -1.39. The van der Waals surface area contributed by atoms with E-state index in [1.807, 2.05) is 30.3 Å². The van der Waals surface area contributed by atoms with Gasteiger partial charge in [-0.2, -0.15) is 0 Å². The molecule has 0 bridgehead atoms. The molecule has 0 aromatic heterocycles. The summed E-state index contributed by atoms with van der Waals surface area (Å²) in [5.41, 5.74) is 1.90. The molecule has 1 N–H and O–H groups in total. The molecule has 2 rings (SSSR count). The van der Waals surface area contributed by atoms with E-state index in [9.17, 15) is 0 Å². The molecule has 0 saturated carbocycles. The minimum Gasteiger partial charge on any atom is -0.496 e. The number of benzene rings is 2. The highest BCUT2D eigenvalue weighted by Crippen LogP contribution is 2.38. The second-order valence-electron chi connectivity index (χ2n) is 4.58. The van der Waals surface area contributed by atoms with Gasteiger partial charge in [-0.1, -0.05) is 29.8 Å². The van der Waals surface area contributed by atoms with Crippen molar-refractivity contribution in [2.24, 2.45) is 0 Å². The van der Waals surface area contributed by atoms with Gasteiger partial charge in [0.2, 0.25) is 0 Å². The number of rotatable bonds is 5. The van der Waals surface area contributed by atoms with Gasteiger partial charge in [-0.3, -0.25) is 0 Å². The van der Waals surface area contributed by atoms with Crippen LogP contribution in [-0.2, 0) is 0 Å². The van der Waals surface area contributed by atoms with Crippen molar-refractivity contribution >= 4 is 33.2 Å². The van der Waals surface area contributed by atoms with E-state index >= 15 is 0 Å². The molecule has 2 aromatic rings. The zero-order valence-electron chi connectivity index (χ0n) is 12.1. The van der Waals surface area contributed by atoms with E-state index in [1.54, 1.807) is 20.3 Å². The van der Waals surface area contributed by atoms with E-state index in [4.69, 9.17) is 21.1 Å². The average Bonchev–Trinajstić information content (AvgIpc) is 2.46. The fourth-order valence-electron chi connectivity index (χ4n) is 2.21. The first-order valence-corrected chi connectivity index (χ1v) is 7.66. The van der Waals surface area contributed by atoms with Gasteiger partial charge in [0.25, 0.3) is 0 Å². The Balaban J connectivity index is 2.33. The lowest BCUT2D eigenvalue weighted by atomic mass is 10.1. The van der Waals surface area contributed by atoms with Gasteiger partial charge in [-0.25, -0.2) is 0 Å². The van der Waals surface area contributed by atoms with Gasteiger partial charge in [-0.05, 0) is 41.1 Å². The molecule has 0 spiro atoms. The number of hydrogen-bond acceptors (Lipinski definition) is 3. The first-order chi connectivity index (χ1) is 10.1. The van der Waals surface area contributed by atoms with Crippen LogP contribution in [0.15, 0.2) is 40.9 Å². The van der Waals surface area contributed by atoms with Gasteiger partial charge in [-0.15, -0.1) is 0 Å². The molecule has 0 amide bonds. The summed E-state index contributed by atoms with van der Waals surface area (Å²) in [7, 11) is 3.30. The van der Waals surface area contributed by atoms with Crippen LogP contribution < -0.4 is 14.8 Å². The maximum Gasteiger partial charge on any atom is 0.156 e. The van der Waals surface area contributed by atoms with E-state index < -0.39 is 0 Å². The Morgan fingerprint density at radius 1 is 1.14 bits per heavy atom. The predicted molar refractivity (Wildman–Crippen MR) is 90.7 cm³/mol. The normalized spacial score (nSPS) is 11.9. The molecule has 0 aliphatic carbocycles. The van der Waals surface area contributed by atoms with E-state index in [1.165, 1.54) is 0 Å². The topological polar surface area (TPSA) is 30.5 Å². The Labute approximate surface area is 138 Å².